The number of likely N-dealkylation sites (tertiary alicyclic amines) is 1. The van der Waals surface area contributed by atoms with Crippen molar-refractivity contribution in [2.45, 2.75) is 62.9 Å². The van der Waals surface area contributed by atoms with Gasteiger partial charge in [-0.2, -0.15) is 0 Å². The summed E-state index contributed by atoms with van der Waals surface area (Å²) >= 11 is 0. The molecular formula is C48H54N6O7. The molecule has 0 saturated carbocycles. The third-order valence-corrected chi connectivity index (χ3v) is 12.9. The predicted molar refractivity (Wildman–Crippen MR) is 232 cm³/mol. The number of nitrogens with zero attached hydrogens (tertiary/aromatic N) is 3. The van der Waals surface area contributed by atoms with E-state index in [0.717, 1.165) is 54.7 Å². The molecule has 9 rings (SSSR count). The van der Waals surface area contributed by atoms with Gasteiger partial charge in [-0.1, -0.05) is 72.8 Å². The van der Waals surface area contributed by atoms with Crippen LogP contribution in [-0.4, -0.2) is 100 Å². The molecule has 2 bridgehead atoms. The largest absolute Gasteiger partial charge is 0.506 e. The number of pyridine rings is 1. The Hall–Kier alpha value is -6.02. The van der Waals surface area contributed by atoms with Gasteiger partial charge in [0.15, 0.2) is 0 Å². The number of benzene rings is 4. The van der Waals surface area contributed by atoms with Crippen molar-refractivity contribution < 1.29 is 29.3 Å². The molecule has 4 aromatic carbocycles. The number of aliphatic hydroxyl groups is 1. The highest BCUT2D eigenvalue weighted by molar-refractivity contribution is 5.95. The van der Waals surface area contributed by atoms with E-state index in [1.54, 1.807) is 24.1 Å². The zero-order valence-corrected chi connectivity index (χ0v) is 34.5. The van der Waals surface area contributed by atoms with Gasteiger partial charge in [-0.25, -0.2) is 4.79 Å². The number of hydrogen-bond donors (Lipinski definition) is 5. The standard InChI is InChI=1S/C48H54N6O7/c1-49-47(60)54(29-33-9-7-32(8-10-33)27-50-28-41(56)38-15-17-40(55)44-39(38)16-18-43(57)51-44)30-34-11-13-36(14-12-34)45(58)53-25-21-48(22-26-53,37-5-3-2-4-6-37)46(59)61-42-31-52-23-19-35(42)20-24-52/h2-18,35,41-42,50,55-56H,19-31H2,1H3,(H,49,60)(H,51,57)/t41?,42-/m0/s1. The third kappa shape index (κ3) is 9.19. The molecule has 3 amide bonds. The number of urea groups is 1. The normalized spacial score (nSPS) is 19.9. The Labute approximate surface area is 355 Å². The van der Waals surface area contributed by atoms with Crippen molar-refractivity contribution in [1.29, 1.82) is 0 Å². The summed E-state index contributed by atoms with van der Waals surface area (Å²) in [6.45, 7) is 5.27. The van der Waals surface area contributed by atoms with Crippen LogP contribution in [0.5, 0.6) is 5.75 Å². The number of esters is 1. The average Bonchev–Trinajstić information content (AvgIpc) is 3.30. The van der Waals surface area contributed by atoms with E-state index in [-0.39, 0.29) is 47.4 Å². The number of fused-ring (bicyclic) bond motifs is 4. The van der Waals surface area contributed by atoms with Gasteiger partial charge in [0, 0.05) is 69.9 Å². The minimum absolute atomic E-state index is 0.0580. The van der Waals surface area contributed by atoms with Gasteiger partial charge in [0.2, 0.25) is 5.56 Å². The lowest BCUT2D eigenvalue weighted by Gasteiger charge is -2.46. The molecule has 13 nitrogen and oxygen atoms in total. The summed E-state index contributed by atoms with van der Waals surface area (Å²) in [6, 6.07) is 31.0. The number of aliphatic hydroxyl groups excluding tert-OH is 1. The van der Waals surface area contributed by atoms with Gasteiger partial charge in [0.05, 0.1) is 17.0 Å². The average molecular weight is 827 g/mol. The van der Waals surface area contributed by atoms with Crippen LogP contribution < -0.4 is 16.2 Å². The second-order valence-electron chi connectivity index (χ2n) is 16.7. The van der Waals surface area contributed by atoms with Crippen molar-refractivity contribution >= 4 is 28.8 Å². The van der Waals surface area contributed by atoms with Crippen molar-refractivity contribution in [3.63, 3.8) is 0 Å². The van der Waals surface area contributed by atoms with Gasteiger partial charge in [-0.15, -0.1) is 0 Å². The van der Waals surface area contributed by atoms with Gasteiger partial charge in [-0.05, 0) is 96.8 Å². The second-order valence-corrected chi connectivity index (χ2v) is 16.7. The van der Waals surface area contributed by atoms with Crippen LogP contribution in [0.2, 0.25) is 0 Å². The molecule has 5 N–H and O–H groups in total. The van der Waals surface area contributed by atoms with E-state index in [0.29, 0.717) is 68.0 Å². The highest BCUT2D eigenvalue weighted by Crippen LogP contribution is 2.39. The number of carbonyl (C=O) groups excluding carboxylic acids is 3. The fourth-order valence-electron chi connectivity index (χ4n) is 9.26. The first kappa shape index (κ1) is 41.7. The van der Waals surface area contributed by atoms with Crippen LogP contribution in [0.3, 0.4) is 0 Å². The summed E-state index contributed by atoms with van der Waals surface area (Å²) in [4.78, 5) is 61.2. The van der Waals surface area contributed by atoms with Crippen LogP contribution in [0.4, 0.5) is 4.79 Å². The number of carbonyl (C=O) groups is 3. The minimum atomic E-state index is -0.872. The Morgan fingerprint density at radius 1 is 0.852 bits per heavy atom. The molecule has 2 atom stereocenters. The molecule has 1 aromatic heterocycles. The molecule has 0 spiro atoms. The van der Waals surface area contributed by atoms with Crippen LogP contribution in [0.1, 0.15) is 70.0 Å². The molecule has 4 aliphatic rings. The number of aromatic nitrogens is 1. The predicted octanol–water partition coefficient (Wildman–Crippen LogP) is 5.21. The van der Waals surface area contributed by atoms with Gasteiger partial charge in [-0.3, -0.25) is 19.3 Å². The molecule has 5 heterocycles. The van der Waals surface area contributed by atoms with E-state index < -0.39 is 11.5 Å². The molecule has 0 aliphatic carbocycles. The lowest BCUT2D eigenvalue weighted by Crippen LogP contribution is -2.55. The Bertz CT molecular complexity index is 2390. The second kappa shape index (κ2) is 18.3. The number of aromatic amines is 1. The maximum atomic E-state index is 14.1. The number of hydrogen-bond acceptors (Lipinski definition) is 9. The van der Waals surface area contributed by atoms with Crippen molar-refractivity contribution in [3.8, 4) is 5.75 Å². The summed E-state index contributed by atoms with van der Waals surface area (Å²) in [7, 11) is 1.60. The van der Waals surface area contributed by atoms with E-state index >= 15 is 0 Å². The number of aromatic hydroxyl groups is 1. The number of rotatable bonds is 13. The summed E-state index contributed by atoms with van der Waals surface area (Å²) in [5, 5.41) is 27.7. The lowest BCUT2D eigenvalue weighted by molar-refractivity contribution is -0.167. The van der Waals surface area contributed by atoms with Crippen molar-refractivity contribution in [1.82, 2.24) is 30.3 Å². The fourth-order valence-corrected chi connectivity index (χ4v) is 9.26. The Kier molecular flexibility index (Phi) is 12.5. The smallest absolute Gasteiger partial charge is 0.317 e. The zero-order chi connectivity index (χ0) is 42.5. The molecule has 4 fully saturated rings. The molecule has 5 aromatic rings. The lowest BCUT2D eigenvalue weighted by atomic mass is 9.72. The molecule has 4 saturated heterocycles. The SMILES string of the molecule is CNC(=O)N(Cc1ccc(CNCC(O)c2ccc(O)c3[nH]c(=O)ccc23)cc1)Cc1ccc(C(=O)N2CCC(C(=O)O[C@H]3CN4CCC3CC4)(c3ccccc3)CC2)cc1. The molecule has 318 valence electrons. The molecule has 61 heavy (non-hydrogen) atoms. The summed E-state index contributed by atoms with van der Waals surface area (Å²) in [5.74, 6) is 0.106. The first-order chi connectivity index (χ1) is 29.6. The number of piperidine rings is 4. The Balaban J connectivity index is 0.848. The van der Waals surface area contributed by atoms with Crippen LogP contribution in [0, 0.1) is 5.92 Å². The molecule has 1 unspecified atom stereocenters. The maximum absolute atomic E-state index is 14.1. The van der Waals surface area contributed by atoms with E-state index in [4.69, 9.17) is 4.74 Å². The third-order valence-electron chi connectivity index (χ3n) is 12.9. The van der Waals surface area contributed by atoms with E-state index in [9.17, 15) is 29.4 Å². The molecule has 0 radical (unpaired) electrons. The van der Waals surface area contributed by atoms with Gasteiger partial charge < -0.3 is 40.4 Å². The van der Waals surface area contributed by atoms with Crippen molar-refractivity contribution in [2.24, 2.45) is 5.92 Å². The molecule has 4 aliphatic heterocycles. The van der Waals surface area contributed by atoms with Crippen molar-refractivity contribution in [2.75, 3.05) is 46.3 Å². The number of phenolic OH excluding ortho intramolecular Hbond substituents is 1. The Morgan fingerprint density at radius 2 is 1.51 bits per heavy atom. The van der Waals surface area contributed by atoms with Crippen molar-refractivity contribution in [3.05, 3.63) is 147 Å². The first-order valence-electron chi connectivity index (χ1n) is 21.3. The highest BCUT2D eigenvalue weighted by atomic mass is 16.5. The van der Waals surface area contributed by atoms with Crippen LogP contribution >= 0.6 is 0 Å². The number of H-pyrrole nitrogens is 1. The topological polar surface area (TPSA) is 168 Å². The van der Waals surface area contributed by atoms with E-state index in [2.05, 4.69) is 20.5 Å². The van der Waals surface area contributed by atoms with Crippen LogP contribution in [0.15, 0.2) is 108 Å². The first-order valence-corrected chi connectivity index (χ1v) is 21.3. The minimum Gasteiger partial charge on any atom is -0.506 e. The zero-order valence-electron chi connectivity index (χ0n) is 34.5. The Morgan fingerprint density at radius 3 is 2.15 bits per heavy atom. The number of phenols is 1. The van der Waals surface area contributed by atoms with E-state index in [1.165, 1.54) is 12.1 Å². The maximum Gasteiger partial charge on any atom is 0.317 e. The summed E-state index contributed by atoms with van der Waals surface area (Å²) in [5.41, 5.74) is 4.06. The number of ether oxygens (including phenoxy) is 1. The van der Waals surface area contributed by atoms with Gasteiger partial charge >= 0.3 is 12.0 Å². The highest BCUT2D eigenvalue weighted by Gasteiger charge is 2.47. The fraction of sp³-hybridized carbons (Fsp3) is 0.375. The molecule has 13 heteroatoms. The monoisotopic (exact) mass is 826 g/mol. The summed E-state index contributed by atoms with van der Waals surface area (Å²) < 4.78 is 6.32. The summed E-state index contributed by atoms with van der Waals surface area (Å²) in [6.07, 6.45) is 2.17. The number of nitrogens with one attached hydrogen (secondary N) is 3. The van der Waals surface area contributed by atoms with E-state index in [1.807, 2.05) is 83.8 Å². The quantitative estimate of drug-likeness (QED) is 0.100. The molecular weight excluding hydrogens is 773 g/mol. The van der Waals surface area contributed by atoms with Crippen LogP contribution in [-0.2, 0) is 34.6 Å². The van der Waals surface area contributed by atoms with Gasteiger partial charge in [0.1, 0.15) is 11.9 Å². The van der Waals surface area contributed by atoms with Gasteiger partial charge in [0.25, 0.3) is 5.91 Å². The number of amides is 3. The van der Waals surface area contributed by atoms with Crippen LogP contribution in [0.25, 0.3) is 10.9 Å².